The summed E-state index contributed by atoms with van der Waals surface area (Å²) < 4.78 is 16.4. The Hall–Kier alpha value is -1.37. The Bertz CT molecular complexity index is 424. The van der Waals surface area contributed by atoms with Crippen LogP contribution in [0.25, 0.3) is 0 Å². The fourth-order valence-corrected chi connectivity index (χ4v) is 2.16. The van der Waals surface area contributed by atoms with Gasteiger partial charge in [0, 0.05) is 13.2 Å². The van der Waals surface area contributed by atoms with E-state index < -0.39 is 0 Å². The van der Waals surface area contributed by atoms with Crippen molar-refractivity contribution < 1.29 is 18.7 Å². The third-order valence-corrected chi connectivity index (χ3v) is 3.28. The molecule has 106 valence electrons. The van der Waals surface area contributed by atoms with E-state index >= 15 is 0 Å². The average Bonchev–Trinajstić information content (AvgIpc) is 2.80. The van der Waals surface area contributed by atoms with E-state index in [2.05, 4.69) is 5.43 Å². The van der Waals surface area contributed by atoms with Crippen molar-refractivity contribution in [1.82, 2.24) is 5.43 Å². The van der Waals surface area contributed by atoms with Gasteiger partial charge in [0.1, 0.15) is 18.1 Å². The Balaban J connectivity index is 1.81. The number of carbonyl (C=O) groups excluding carboxylic acids is 1. The summed E-state index contributed by atoms with van der Waals surface area (Å²) in [4.78, 5) is 11.4. The van der Waals surface area contributed by atoms with E-state index in [-0.39, 0.29) is 5.91 Å². The van der Waals surface area contributed by atoms with Crippen molar-refractivity contribution in [1.29, 1.82) is 0 Å². The third kappa shape index (κ3) is 3.79. The summed E-state index contributed by atoms with van der Waals surface area (Å²) in [5, 5.41) is 0. The highest BCUT2D eigenvalue weighted by molar-refractivity contribution is 5.94. The number of carbonyl (C=O) groups is 1. The summed E-state index contributed by atoms with van der Waals surface area (Å²) in [6.45, 7) is 4.42. The summed E-state index contributed by atoms with van der Waals surface area (Å²) in [7, 11) is 0. The third-order valence-electron chi connectivity index (χ3n) is 3.28. The van der Waals surface area contributed by atoms with Crippen molar-refractivity contribution in [3.05, 3.63) is 23.2 Å². The van der Waals surface area contributed by atoms with Crippen molar-refractivity contribution in [2.75, 3.05) is 19.8 Å². The van der Waals surface area contributed by atoms with Gasteiger partial charge in [-0.1, -0.05) is 0 Å². The molecule has 0 bridgehead atoms. The lowest BCUT2D eigenvalue weighted by atomic mass is 10.0. The van der Waals surface area contributed by atoms with Crippen LogP contribution in [0.3, 0.4) is 0 Å². The molecule has 6 heteroatoms. The van der Waals surface area contributed by atoms with Crippen LogP contribution in [-0.2, 0) is 16.1 Å². The van der Waals surface area contributed by atoms with E-state index in [0.717, 1.165) is 26.1 Å². The highest BCUT2D eigenvalue weighted by Crippen LogP contribution is 2.18. The summed E-state index contributed by atoms with van der Waals surface area (Å²) in [5.74, 6) is 6.49. The van der Waals surface area contributed by atoms with Crippen LogP contribution in [0.15, 0.2) is 10.5 Å². The van der Waals surface area contributed by atoms with Gasteiger partial charge in [0.2, 0.25) is 0 Å². The Labute approximate surface area is 112 Å². The molecule has 3 N–H and O–H groups in total. The Morgan fingerprint density at radius 3 is 2.95 bits per heavy atom. The van der Waals surface area contributed by atoms with Crippen molar-refractivity contribution in [2.24, 2.45) is 11.8 Å². The minimum absolute atomic E-state index is 0.350. The second kappa shape index (κ2) is 6.70. The Morgan fingerprint density at radius 1 is 1.53 bits per heavy atom. The van der Waals surface area contributed by atoms with Crippen LogP contribution in [0, 0.1) is 12.8 Å². The van der Waals surface area contributed by atoms with Gasteiger partial charge in [-0.15, -0.1) is 0 Å². The number of rotatable bonds is 5. The fourth-order valence-electron chi connectivity index (χ4n) is 2.16. The topological polar surface area (TPSA) is 86.7 Å². The van der Waals surface area contributed by atoms with Gasteiger partial charge in [0.15, 0.2) is 0 Å². The lowest BCUT2D eigenvalue weighted by Gasteiger charge is -2.21. The largest absolute Gasteiger partial charge is 0.463 e. The number of hydrazine groups is 1. The van der Waals surface area contributed by atoms with Crippen LogP contribution >= 0.6 is 0 Å². The number of nitrogens with two attached hydrogens (primary N) is 1. The first-order valence-corrected chi connectivity index (χ1v) is 6.46. The molecule has 1 fully saturated rings. The first kappa shape index (κ1) is 14.0. The van der Waals surface area contributed by atoms with E-state index in [1.165, 1.54) is 0 Å². The molecule has 6 nitrogen and oxygen atoms in total. The quantitative estimate of drug-likeness (QED) is 0.475. The van der Waals surface area contributed by atoms with Crippen molar-refractivity contribution in [3.8, 4) is 0 Å². The van der Waals surface area contributed by atoms with Crippen LogP contribution in [0.4, 0.5) is 0 Å². The summed E-state index contributed by atoms with van der Waals surface area (Å²) in [6.07, 6.45) is 2.08. The number of amides is 1. The van der Waals surface area contributed by atoms with Crippen molar-refractivity contribution in [2.45, 2.75) is 26.4 Å². The predicted octanol–water partition coefficient (Wildman–Crippen LogP) is 1.13. The van der Waals surface area contributed by atoms with E-state index in [4.69, 9.17) is 19.7 Å². The normalized spacial score (nSPS) is 16.5. The molecular weight excluding hydrogens is 248 g/mol. The molecule has 2 heterocycles. The van der Waals surface area contributed by atoms with Gasteiger partial charge in [-0.05, 0) is 31.7 Å². The molecule has 1 aromatic rings. The molecule has 0 saturated carbocycles. The predicted molar refractivity (Wildman–Crippen MR) is 68.3 cm³/mol. The first-order chi connectivity index (χ1) is 9.20. The molecule has 2 rings (SSSR count). The van der Waals surface area contributed by atoms with E-state index in [0.29, 0.717) is 36.2 Å². The SMILES string of the molecule is Cc1oc(COCC2CCOCC2)cc1C(=O)NN. The monoisotopic (exact) mass is 268 g/mol. The standard InChI is InChI=1S/C13H20N2O4/c1-9-12(13(16)15-14)6-11(19-9)8-18-7-10-2-4-17-5-3-10/h6,10H,2-5,7-8,14H2,1H3,(H,15,16). The van der Waals surface area contributed by atoms with Gasteiger partial charge < -0.3 is 13.9 Å². The van der Waals surface area contributed by atoms with Gasteiger partial charge in [0.25, 0.3) is 5.91 Å². The summed E-state index contributed by atoms with van der Waals surface area (Å²) in [5.41, 5.74) is 2.54. The van der Waals surface area contributed by atoms with E-state index in [9.17, 15) is 4.79 Å². The molecule has 1 aliphatic heterocycles. The highest BCUT2D eigenvalue weighted by atomic mass is 16.5. The van der Waals surface area contributed by atoms with Crippen LogP contribution in [-0.4, -0.2) is 25.7 Å². The number of ether oxygens (including phenoxy) is 2. The molecule has 1 aromatic heterocycles. The first-order valence-electron chi connectivity index (χ1n) is 6.46. The lowest BCUT2D eigenvalue weighted by Crippen LogP contribution is -2.30. The van der Waals surface area contributed by atoms with E-state index in [1.54, 1.807) is 13.0 Å². The molecule has 1 saturated heterocycles. The molecule has 0 aromatic carbocycles. The number of hydrogen-bond acceptors (Lipinski definition) is 5. The molecule has 1 aliphatic rings. The fraction of sp³-hybridized carbons (Fsp3) is 0.615. The Morgan fingerprint density at radius 2 is 2.26 bits per heavy atom. The smallest absolute Gasteiger partial charge is 0.268 e. The zero-order chi connectivity index (χ0) is 13.7. The number of hydrogen-bond donors (Lipinski definition) is 2. The number of nitrogens with one attached hydrogen (secondary N) is 1. The average molecular weight is 268 g/mol. The van der Waals surface area contributed by atoms with Crippen LogP contribution < -0.4 is 11.3 Å². The van der Waals surface area contributed by atoms with Gasteiger partial charge in [-0.2, -0.15) is 0 Å². The molecule has 0 spiro atoms. The van der Waals surface area contributed by atoms with Gasteiger partial charge >= 0.3 is 0 Å². The minimum atomic E-state index is -0.350. The molecule has 0 aliphatic carbocycles. The number of nitrogen functional groups attached to an aromatic ring is 1. The van der Waals surface area contributed by atoms with Crippen LogP contribution in [0.2, 0.25) is 0 Å². The van der Waals surface area contributed by atoms with Crippen molar-refractivity contribution in [3.63, 3.8) is 0 Å². The summed E-state index contributed by atoms with van der Waals surface area (Å²) >= 11 is 0. The second-order valence-electron chi connectivity index (χ2n) is 4.73. The minimum Gasteiger partial charge on any atom is -0.463 e. The van der Waals surface area contributed by atoms with Gasteiger partial charge in [-0.3, -0.25) is 10.2 Å². The van der Waals surface area contributed by atoms with Crippen LogP contribution in [0.1, 0.15) is 34.7 Å². The lowest BCUT2D eigenvalue weighted by molar-refractivity contribution is 0.0118. The number of aryl methyl sites for hydroxylation is 1. The zero-order valence-corrected chi connectivity index (χ0v) is 11.1. The molecule has 0 atom stereocenters. The number of furan rings is 1. The molecule has 1 amide bonds. The zero-order valence-electron chi connectivity index (χ0n) is 11.1. The maximum atomic E-state index is 11.4. The molecular formula is C13H20N2O4. The summed E-state index contributed by atoms with van der Waals surface area (Å²) in [6, 6.07) is 1.67. The van der Waals surface area contributed by atoms with Gasteiger partial charge in [0.05, 0.1) is 12.2 Å². The maximum absolute atomic E-state index is 11.4. The van der Waals surface area contributed by atoms with Crippen LogP contribution in [0.5, 0.6) is 0 Å². The molecule has 0 radical (unpaired) electrons. The second-order valence-corrected chi connectivity index (χ2v) is 4.73. The highest BCUT2D eigenvalue weighted by Gasteiger charge is 2.16. The van der Waals surface area contributed by atoms with E-state index in [1.807, 2.05) is 0 Å². The molecule has 19 heavy (non-hydrogen) atoms. The Kier molecular flexibility index (Phi) is 4.95. The maximum Gasteiger partial charge on any atom is 0.268 e. The molecule has 0 unspecified atom stereocenters. The van der Waals surface area contributed by atoms with Crippen molar-refractivity contribution >= 4 is 5.91 Å². The van der Waals surface area contributed by atoms with Gasteiger partial charge in [-0.25, -0.2) is 5.84 Å².